The van der Waals surface area contributed by atoms with Gasteiger partial charge < -0.3 is 11.1 Å². The predicted octanol–water partition coefficient (Wildman–Crippen LogP) is 0.957. The monoisotopic (exact) mass is 296 g/mol. The van der Waals surface area contributed by atoms with Crippen LogP contribution in [0.3, 0.4) is 0 Å². The fourth-order valence-electron chi connectivity index (χ4n) is 3.36. The highest BCUT2D eigenvalue weighted by molar-refractivity contribution is 5.95. The van der Waals surface area contributed by atoms with Gasteiger partial charge in [0.15, 0.2) is 0 Å². The fraction of sp³-hybridized carbons (Fsp3) is 0.867. The number of nitrogens with one attached hydrogen (secondary N) is 2. The molecule has 2 rings (SSSR count). The molecule has 0 aromatic rings. The van der Waals surface area contributed by atoms with E-state index in [9.17, 15) is 9.59 Å². The highest BCUT2D eigenvalue weighted by Crippen LogP contribution is 2.20. The van der Waals surface area contributed by atoms with Gasteiger partial charge in [-0.25, -0.2) is 4.79 Å². The summed E-state index contributed by atoms with van der Waals surface area (Å²) < 4.78 is 0. The maximum atomic E-state index is 11.9. The number of amides is 3. The smallest absolute Gasteiger partial charge is 0.321 e. The number of urea groups is 1. The van der Waals surface area contributed by atoms with Crippen molar-refractivity contribution in [1.82, 2.24) is 15.5 Å². The Hall–Kier alpha value is -1.14. The van der Waals surface area contributed by atoms with E-state index in [4.69, 9.17) is 5.73 Å². The summed E-state index contributed by atoms with van der Waals surface area (Å²) in [6, 6.07) is 0.579. The first-order chi connectivity index (χ1) is 10.0. The molecule has 0 atom stereocenters. The normalized spacial score (nSPS) is 26.8. The summed E-state index contributed by atoms with van der Waals surface area (Å²) in [5, 5.41) is 5.29. The molecular weight excluding hydrogens is 268 g/mol. The second-order valence-electron chi connectivity index (χ2n) is 6.49. The highest BCUT2D eigenvalue weighted by atomic mass is 16.2. The lowest BCUT2D eigenvalue weighted by Gasteiger charge is -2.32. The predicted molar refractivity (Wildman–Crippen MR) is 81.8 cm³/mol. The van der Waals surface area contributed by atoms with E-state index in [2.05, 4.69) is 10.6 Å². The number of carbonyl (C=O) groups is 2. The number of carbonyl (C=O) groups excluding carboxylic acids is 2. The Morgan fingerprint density at radius 3 is 2.33 bits per heavy atom. The second kappa shape index (κ2) is 7.75. The van der Waals surface area contributed by atoms with Crippen molar-refractivity contribution in [2.45, 2.75) is 69.5 Å². The minimum Gasteiger partial charge on any atom is -0.335 e. The number of nitrogens with two attached hydrogens (primary N) is 1. The van der Waals surface area contributed by atoms with Crippen molar-refractivity contribution in [3.05, 3.63) is 0 Å². The van der Waals surface area contributed by atoms with Gasteiger partial charge in [0, 0.05) is 18.1 Å². The zero-order valence-electron chi connectivity index (χ0n) is 12.9. The zero-order valence-corrected chi connectivity index (χ0v) is 12.9. The van der Waals surface area contributed by atoms with Crippen LogP contribution in [0.4, 0.5) is 4.79 Å². The van der Waals surface area contributed by atoms with Crippen LogP contribution in [0, 0.1) is 0 Å². The molecule has 6 nitrogen and oxygen atoms in total. The van der Waals surface area contributed by atoms with Crippen LogP contribution in [-0.2, 0) is 4.79 Å². The van der Waals surface area contributed by atoms with Crippen LogP contribution >= 0.6 is 0 Å². The van der Waals surface area contributed by atoms with E-state index in [1.807, 2.05) is 11.9 Å². The summed E-state index contributed by atoms with van der Waals surface area (Å²) in [7, 11) is 1.94. The Kier molecular flexibility index (Phi) is 5.99. The molecule has 120 valence electrons. The minimum atomic E-state index is -0.356. The molecule has 0 saturated heterocycles. The van der Waals surface area contributed by atoms with Crippen molar-refractivity contribution >= 4 is 11.9 Å². The van der Waals surface area contributed by atoms with E-state index in [0.29, 0.717) is 12.1 Å². The van der Waals surface area contributed by atoms with E-state index in [1.165, 1.54) is 0 Å². The number of likely N-dealkylation sites (N-methyl/N-ethyl adjacent to an activating group) is 1. The van der Waals surface area contributed by atoms with Gasteiger partial charge in [0.1, 0.15) is 0 Å². The summed E-state index contributed by atoms with van der Waals surface area (Å²) >= 11 is 0. The van der Waals surface area contributed by atoms with Crippen LogP contribution in [0.5, 0.6) is 0 Å². The van der Waals surface area contributed by atoms with Crippen molar-refractivity contribution in [2.24, 2.45) is 5.73 Å². The molecule has 0 bridgehead atoms. The van der Waals surface area contributed by atoms with Crippen molar-refractivity contribution < 1.29 is 9.59 Å². The first-order valence-corrected chi connectivity index (χ1v) is 8.10. The Morgan fingerprint density at radius 2 is 1.71 bits per heavy atom. The molecule has 0 radical (unpaired) electrons. The molecule has 0 aromatic heterocycles. The lowest BCUT2D eigenvalue weighted by atomic mass is 9.91. The summed E-state index contributed by atoms with van der Waals surface area (Å²) in [4.78, 5) is 25.7. The van der Waals surface area contributed by atoms with E-state index in [-0.39, 0.29) is 24.5 Å². The molecule has 2 fully saturated rings. The molecule has 6 heteroatoms. The van der Waals surface area contributed by atoms with Gasteiger partial charge in [0.05, 0.1) is 6.54 Å². The molecule has 3 amide bonds. The van der Waals surface area contributed by atoms with Gasteiger partial charge in [0.2, 0.25) is 5.91 Å². The van der Waals surface area contributed by atoms with Crippen LogP contribution in [-0.4, -0.2) is 48.6 Å². The van der Waals surface area contributed by atoms with Crippen LogP contribution in [0.2, 0.25) is 0 Å². The highest BCUT2D eigenvalue weighted by Gasteiger charge is 2.24. The molecule has 0 spiro atoms. The van der Waals surface area contributed by atoms with E-state index in [1.54, 1.807) is 0 Å². The molecule has 0 unspecified atom stereocenters. The van der Waals surface area contributed by atoms with E-state index >= 15 is 0 Å². The van der Waals surface area contributed by atoms with Crippen molar-refractivity contribution in [1.29, 1.82) is 0 Å². The average Bonchev–Trinajstić information content (AvgIpc) is 2.91. The van der Waals surface area contributed by atoms with Crippen molar-refractivity contribution in [2.75, 3.05) is 13.6 Å². The quantitative estimate of drug-likeness (QED) is 0.721. The number of hydrogen-bond acceptors (Lipinski definition) is 4. The summed E-state index contributed by atoms with van der Waals surface area (Å²) in [6.07, 6.45) is 8.43. The molecule has 2 aliphatic carbocycles. The molecule has 4 N–H and O–H groups in total. The van der Waals surface area contributed by atoms with Crippen molar-refractivity contribution in [3.63, 3.8) is 0 Å². The molecule has 0 heterocycles. The third kappa shape index (κ3) is 5.28. The Bertz CT molecular complexity index is 361. The van der Waals surface area contributed by atoms with Crippen LogP contribution in [0.15, 0.2) is 0 Å². The lowest BCUT2D eigenvalue weighted by molar-refractivity contribution is -0.121. The van der Waals surface area contributed by atoms with Crippen LogP contribution in [0.25, 0.3) is 0 Å². The maximum Gasteiger partial charge on any atom is 0.321 e. The molecule has 0 aromatic carbocycles. The Morgan fingerprint density at radius 1 is 1.10 bits per heavy atom. The van der Waals surface area contributed by atoms with Crippen molar-refractivity contribution in [3.8, 4) is 0 Å². The molecule has 21 heavy (non-hydrogen) atoms. The third-order valence-electron chi connectivity index (χ3n) is 4.70. The van der Waals surface area contributed by atoms with Gasteiger partial charge in [-0.15, -0.1) is 0 Å². The van der Waals surface area contributed by atoms with E-state index < -0.39 is 0 Å². The maximum absolute atomic E-state index is 11.9. The molecule has 2 aliphatic rings. The molecule has 2 saturated carbocycles. The number of hydrogen-bond donors (Lipinski definition) is 3. The van der Waals surface area contributed by atoms with Crippen LogP contribution in [0.1, 0.15) is 51.4 Å². The van der Waals surface area contributed by atoms with Gasteiger partial charge >= 0.3 is 6.03 Å². The first-order valence-electron chi connectivity index (χ1n) is 8.10. The first kappa shape index (κ1) is 16.2. The third-order valence-corrected chi connectivity index (χ3v) is 4.70. The van der Waals surface area contributed by atoms with Gasteiger partial charge in [-0.2, -0.15) is 0 Å². The summed E-state index contributed by atoms with van der Waals surface area (Å²) in [6.45, 7) is 0.262. The zero-order chi connectivity index (χ0) is 15.2. The molecule has 0 aliphatic heterocycles. The van der Waals surface area contributed by atoms with E-state index in [0.717, 1.165) is 51.4 Å². The van der Waals surface area contributed by atoms with Gasteiger partial charge in [-0.3, -0.25) is 15.0 Å². The number of nitrogens with zero attached hydrogens (tertiary/aromatic N) is 1. The van der Waals surface area contributed by atoms with Crippen LogP contribution < -0.4 is 16.4 Å². The number of imide groups is 1. The van der Waals surface area contributed by atoms with Gasteiger partial charge in [0.25, 0.3) is 0 Å². The van der Waals surface area contributed by atoms with Gasteiger partial charge in [-0.05, 0) is 45.6 Å². The van der Waals surface area contributed by atoms with Gasteiger partial charge in [-0.1, -0.05) is 12.8 Å². The fourth-order valence-corrected chi connectivity index (χ4v) is 3.36. The SMILES string of the molecule is CN(CC(=O)NC(=O)NC1CCCC1)C1CCC(N)CC1. The largest absolute Gasteiger partial charge is 0.335 e. The Balaban J connectivity index is 1.67. The summed E-state index contributed by atoms with van der Waals surface area (Å²) in [5.74, 6) is -0.233. The lowest BCUT2D eigenvalue weighted by Crippen LogP contribution is -2.48. The molecular formula is C15H28N4O2. The standard InChI is InChI=1S/C15H28N4O2/c1-19(13-8-6-11(16)7-9-13)10-14(20)18-15(21)17-12-4-2-3-5-12/h11-13H,2-10,16H2,1H3,(H2,17,18,20,21). The average molecular weight is 296 g/mol. The topological polar surface area (TPSA) is 87.5 Å². The number of rotatable bonds is 4. The minimum absolute atomic E-state index is 0.232. The Labute approximate surface area is 126 Å². The summed E-state index contributed by atoms with van der Waals surface area (Å²) in [5.41, 5.74) is 5.89. The second-order valence-corrected chi connectivity index (χ2v) is 6.49.